The summed E-state index contributed by atoms with van der Waals surface area (Å²) in [7, 11) is 0. The van der Waals surface area contributed by atoms with E-state index in [0.29, 0.717) is 11.5 Å². The van der Waals surface area contributed by atoms with Crippen LogP contribution in [0.15, 0.2) is 23.8 Å². The minimum Gasteiger partial charge on any atom is -0.367 e. The van der Waals surface area contributed by atoms with E-state index < -0.39 is 0 Å². The van der Waals surface area contributed by atoms with Gasteiger partial charge >= 0.3 is 0 Å². The minimum absolute atomic E-state index is 0.133. The molecule has 0 radical (unpaired) electrons. The largest absolute Gasteiger partial charge is 0.367 e. The van der Waals surface area contributed by atoms with Crippen molar-refractivity contribution >= 4 is 0 Å². The van der Waals surface area contributed by atoms with Crippen LogP contribution in [-0.2, 0) is 4.74 Å². The molecule has 118 valence electrons. The molecule has 1 heteroatoms. The molecule has 2 aliphatic carbocycles. The van der Waals surface area contributed by atoms with Crippen molar-refractivity contribution in [1.29, 1.82) is 0 Å². The molecule has 0 unspecified atom stereocenters. The Balaban J connectivity index is 1.56. The quantitative estimate of drug-likeness (QED) is 0.480. The summed E-state index contributed by atoms with van der Waals surface area (Å²) in [6, 6.07) is 0. The number of rotatable bonds is 4. The molecule has 1 heterocycles. The molecule has 1 saturated heterocycles. The summed E-state index contributed by atoms with van der Waals surface area (Å²) in [6.45, 7) is 13.7. The molecule has 0 aromatic rings. The van der Waals surface area contributed by atoms with Gasteiger partial charge in [-0.2, -0.15) is 0 Å². The van der Waals surface area contributed by atoms with Gasteiger partial charge in [-0.05, 0) is 83.0 Å². The van der Waals surface area contributed by atoms with Crippen LogP contribution in [0.4, 0.5) is 0 Å². The smallest absolute Gasteiger partial charge is 0.0892 e. The molecule has 0 amide bonds. The summed E-state index contributed by atoms with van der Waals surface area (Å²) in [5.41, 5.74) is 3.83. The van der Waals surface area contributed by atoms with Gasteiger partial charge in [0.25, 0.3) is 0 Å². The van der Waals surface area contributed by atoms with Crippen molar-refractivity contribution in [2.75, 3.05) is 0 Å². The van der Waals surface area contributed by atoms with Crippen molar-refractivity contribution in [1.82, 2.24) is 0 Å². The van der Waals surface area contributed by atoms with E-state index in [1.807, 2.05) is 0 Å². The highest BCUT2D eigenvalue weighted by atomic mass is 16.6. The third-order valence-electron chi connectivity index (χ3n) is 6.63. The predicted molar refractivity (Wildman–Crippen MR) is 89.3 cm³/mol. The van der Waals surface area contributed by atoms with Crippen LogP contribution in [0.25, 0.3) is 0 Å². The molecular weight excluding hydrogens is 256 g/mol. The standard InChI is InChI=1S/C20H32O/c1-14(8-9-18-19(3,4)21-18)16-10-12-20(5)11-6-7-15(2)17(20)13-16/h7,16-18H,1,6,8-13H2,2-5H3/t16-,17+,18-,20-/m1/s1. The molecule has 21 heavy (non-hydrogen) atoms. The maximum atomic E-state index is 5.71. The van der Waals surface area contributed by atoms with Crippen molar-refractivity contribution in [3.8, 4) is 0 Å². The van der Waals surface area contributed by atoms with Crippen LogP contribution < -0.4 is 0 Å². The summed E-state index contributed by atoms with van der Waals surface area (Å²) in [5, 5.41) is 0. The molecule has 0 aromatic carbocycles. The zero-order chi connectivity index (χ0) is 15.3. The van der Waals surface area contributed by atoms with Crippen molar-refractivity contribution in [3.63, 3.8) is 0 Å². The fraction of sp³-hybridized carbons (Fsp3) is 0.800. The van der Waals surface area contributed by atoms with Gasteiger partial charge in [-0.1, -0.05) is 30.7 Å². The molecule has 4 atom stereocenters. The highest BCUT2D eigenvalue weighted by Gasteiger charge is 2.47. The van der Waals surface area contributed by atoms with Gasteiger partial charge in [0, 0.05) is 0 Å². The molecule has 0 bridgehead atoms. The van der Waals surface area contributed by atoms with Crippen LogP contribution in [0, 0.1) is 17.3 Å². The van der Waals surface area contributed by atoms with Crippen LogP contribution in [0.3, 0.4) is 0 Å². The zero-order valence-electron chi connectivity index (χ0n) is 14.4. The van der Waals surface area contributed by atoms with Crippen molar-refractivity contribution in [2.45, 2.75) is 84.3 Å². The first-order valence-corrected chi connectivity index (χ1v) is 8.84. The van der Waals surface area contributed by atoms with Gasteiger partial charge in [-0.3, -0.25) is 0 Å². The topological polar surface area (TPSA) is 12.5 Å². The lowest BCUT2D eigenvalue weighted by atomic mass is 9.57. The monoisotopic (exact) mass is 288 g/mol. The van der Waals surface area contributed by atoms with E-state index in [-0.39, 0.29) is 5.60 Å². The van der Waals surface area contributed by atoms with Gasteiger partial charge in [-0.15, -0.1) is 0 Å². The Hall–Kier alpha value is -0.560. The van der Waals surface area contributed by atoms with Crippen LogP contribution in [0.5, 0.6) is 0 Å². The SMILES string of the molecule is C=C(CC[C@H]1OC1(C)C)[C@@H]1CC[C@@]2(C)CCC=C(C)[C@@H]2C1. The van der Waals surface area contributed by atoms with Crippen LogP contribution in [0.1, 0.15) is 72.6 Å². The van der Waals surface area contributed by atoms with E-state index in [0.717, 1.165) is 18.3 Å². The fourth-order valence-electron chi connectivity index (χ4n) is 4.80. The van der Waals surface area contributed by atoms with Gasteiger partial charge in [0.2, 0.25) is 0 Å². The van der Waals surface area contributed by atoms with Gasteiger partial charge < -0.3 is 4.74 Å². The zero-order valence-corrected chi connectivity index (χ0v) is 14.4. The fourth-order valence-corrected chi connectivity index (χ4v) is 4.80. The number of hydrogen-bond acceptors (Lipinski definition) is 1. The Kier molecular flexibility index (Phi) is 3.84. The summed E-state index contributed by atoms with van der Waals surface area (Å²) < 4.78 is 5.71. The number of allylic oxidation sites excluding steroid dienone is 3. The minimum atomic E-state index is 0.133. The first kappa shape index (κ1) is 15.3. The Morgan fingerprint density at radius 3 is 2.71 bits per heavy atom. The molecule has 2 fully saturated rings. The van der Waals surface area contributed by atoms with Gasteiger partial charge in [-0.25, -0.2) is 0 Å². The third kappa shape index (κ3) is 2.99. The molecule has 1 saturated carbocycles. The van der Waals surface area contributed by atoms with E-state index in [1.54, 1.807) is 5.57 Å². The van der Waals surface area contributed by atoms with Crippen molar-refractivity contribution in [3.05, 3.63) is 23.8 Å². The second kappa shape index (κ2) is 5.26. The second-order valence-electron chi connectivity index (χ2n) is 8.57. The number of ether oxygens (including phenoxy) is 1. The van der Waals surface area contributed by atoms with Crippen LogP contribution in [0.2, 0.25) is 0 Å². The predicted octanol–water partition coefficient (Wildman–Crippen LogP) is 5.66. The Labute approximate surface area is 130 Å². The van der Waals surface area contributed by atoms with Gasteiger partial charge in [0.05, 0.1) is 11.7 Å². The average Bonchev–Trinajstić information content (AvgIpc) is 3.03. The highest BCUT2D eigenvalue weighted by Crippen LogP contribution is 2.53. The second-order valence-corrected chi connectivity index (χ2v) is 8.57. The molecule has 1 nitrogen and oxygen atoms in total. The van der Waals surface area contributed by atoms with E-state index in [4.69, 9.17) is 4.74 Å². The summed E-state index contributed by atoms with van der Waals surface area (Å²) >= 11 is 0. The number of epoxide rings is 1. The van der Waals surface area contributed by atoms with Crippen LogP contribution in [-0.4, -0.2) is 11.7 Å². The molecule has 0 N–H and O–H groups in total. The lowest BCUT2D eigenvalue weighted by Gasteiger charge is -2.48. The lowest BCUT2D eigenvalue weighted by molar-refractivity contribution is 0.0970. The first-order valence-electron chi connectivity index (χ1n) is 8.84. The molecule has 1 aliphatic heterocycles. The van der Waals surface area contributed by atoms with Crippen molar-refractivity contribution in [2.24, 2.45) is 17.3 Å². The first-order chi connectivity index (χ1) is 9.82. The molecule has 3 rings (SSSR count). The van der Waals surface area contributed by atoms with E-state index in [1.165, 1.54) is 44.1 Å². The van der Waals surface area contributed by atoms with Crippen molar-refractivity contribution < 1.29 is 4.74 Å². The average molecular weight is 288 g/mol. The summed E-state index contributed by atoms with van der Waals surface area (Å²) in [5.74, 6) is 1.54. The van der Waals surface area contributed by atoms with Gasteiger partial charge in [0.1, 0.15) is 0 Å². The van der Waals surface area contributed by atoms with E-state index >= 15 is 0 Å². The number of hydrogen-bond donors (Lipinski definition) is 0. The lowest BCUT2D eigenvalue weighted by Crippen LogP contribution is -2.37. The van der Waals surface area contributed by atoms with E-state index in [9.17, 15) is 0 Å². The normalized spacial score (nSPS) is 41.1. The molecule has 3 aliphatic rings. The third-order valence-corrected chi connectivity index (χ3v) is 6.63. The maximum absolute atomic E-state index is 5.71. The Morgan fingerprint density at radius 2 is 2.05 bits per heavy atom. The summed E-state index contributed by atoms with van der Waals surface area (Å²) in [6.07, 6.45) is 12.0. The highest BCUT2D eigenvalue weighted by molar-refractivity contribution is 5.17. The van der Waals surface area contributed by atoms with Crippen LogP contribution >= 0.6 is 0 Å². The molecule has 0 aromatic heterocycles. The Morgan fingerprint density at radius 1 is 1.33 bits per heavy atom. The maximum Gasteiger partial charge on any atom is 0.0892 e. The van der Waals surface area contributed by atoms with Gasteiger partial charge in [0.15, 0.2) is 0 Å². The Bertz CT molecular complexity index is 458. The molecule has 0 spiro atoms. The number of fused-ring (bicyclic) bond motifs is 1. The van der Waals surface area contributed by atoms with E-state index in [2.05, 4.69) is 40.3 Å². The molecular formula is C20H32O. The summed E-state index contributed by atoms with van der Waals surface area (Å²) in [4.78, 5) is 0.